The van der Waals surface area contributed by atoms with Crippen molar-refractivity contribution in [2.24, 2.45) is 0 Å². The molecule has 1 aliphatic rings. The number of aromatic nitrogens is 5. The summed E-state index contributed by atoms with van der Waals surface area (Å²) in [7, 11) is 2.16. The number of nitrogens with zero attached hydrogens (tertiary/aromatic N) is 5. The van der Waals surface area contributed by atoms with Crippen LogP contribution in [0.2, 0.25) is 0 Å². The standard InChI is InChI=1S/C28H30N8O/c1-3-5-25(37)30-20-14-19(16-29-17-20)18-8-9-22-21(15-18)26(34-33-22)28-31-23-6-4-7-24(27(23)32-28)36-12-10-35(2)11-13-36/h4,6-9,14-17H,3,5,10-13H2,1-2H3,(H,30,37)(H,31,32)(H,33,34). The molecular weight excluding hydrogens is 464 g/mol. The van der Waals surface area contributed by atoms with Gasteiger partial charge in [0.05, 0.1) is 28.6 Å². The molecule has 0 spiro atoms. The smallest absolute Gasteiger partial charge is 0.224 e. The Balaban J connectivity index is 1.35. The first-order chi connectivity index (χ1) is 18.1. The summed E-state index contributed by atoms with van der Waals surface area (Å²) in [4.78, 5) is 29.7. The molecule has 0 aliphatic carbocycles. The van der Waals surface area contributed by atoms with Crippen molar-refractivity contribution in [3.63, 3.8) is 0 Å². The molecule has 2 aromatic carbocycles. The maximum Gasteiger partial charge on any atom is 0.224 e. The molecule has 0 atom stereocenters. The van der Waals surface area contributed by atoms with Crippen LogP contribution in [0, 0.1) is 0 Å². The van der Waals surface area contributed by atoms with Crippen molar-refractivity contribution in [3.8, 4) is 22.6 Å². The molecule has 37 heavy (non-hydrogen) atoms. The van der Waals surface area contributed by atoms with Gasteiger partial charge in [0.15, 0.2) is 5.82 Å². The highest BCUT2D eigenvalue weighted by molar-refractivity contribution is 5.98. The van der Waals surface area contributed by atoms with Crippen LogP contribution in [0.15, 0.2) is 54.9 Å². The number of para-hydroxylation sites is 1. The van der Waals surface area contributed by atoms with Crippen molar-refractivity contribution in [1.29, 1.82) is 0 Å². The molecule has 6 rings (SSSR count). The summed E-state index contributed by atoms with van der Waals surface area (Å²) < 4.78 is 0. The van der Waals surface area contributed by atoms with E-state index in [1.54, 1.807) is 12.4 Å². The first kappa shape index (κ1) is 23.2. The van der Waals surface area contributed by atoms with Crippen molar-refractivity contribution < 1.29 is 4.79 Å². The average Bonchev–Trinajstić information content (AvgIpc) is 3.53. The number of imidazole rings is 1. The van der Waals surface area contributed by atoms with E-state index in [4.69, 9.17) is 4.98 Å². The van der Waals surface area contributed by atoms with E-state index in [9.17, 15) is 4.79 Å². The molecule has 0 saturated carbocycles. The van der Waals surface area contributed by atoms with Crippen LogP contribution in [-0.2, 0) is 4.79 Å². The SMILES string of the molecule is CCCC(=O)Nc1cncc(-c2ccc3[nH]nc(-c4nc5c(N6CCN(C)CC6)cccc5[nH]4)c3c2)c1. The van der Waals surface area contributed by atoms with Gasteiger partial charge in [0.25, 0.3) is 0 Å². The molecule has 5 aromatic rings. The van der Waals surface area contributed by atoms with Crippen molar-refractivity contribution >= 4 is 39.2 Å². The Bertz CT molecular complexity index is 1580. The molecule has 4 heterocycles. The molecule has 0 radical (unpaired) electrons. The fraction of sp³-hybridized carbons (Fsp3) is 0.286. The summed E-state index contributed by atoms with van der Waals surface area (Å²) in [5, 5.41) is 11.7. The summed E-state index contributed by atoms with van der Waals surface area (Å²) in [6, 6.07) is 14.4. The molecule has 1 saturated heterocycles. The Labute approximate surface area is 214 Å². The third kappa shape index (κ3) is 4.53. The minimum Gasteiger partial charge on any atom is -0.367 e. The van der Waals surface area contributed by atoms with Crippen LogP contribution in [0.5, 0.6) is 0 Å². The first-order valence-electron chi connectivity index (χ1n) is 12.7. The lowest BCUT2D eigenvalue weighted by atomic mass is 10.0. The van der Waals surface area contributed by atoms with E-state index in [0.717, 1.165) is 82.9 Å². The van der Waals surface area contributed by atoms with Gasteiger partial charge in [0, 0.05) is 49.7 Å². The van der Waals surface area contributed by atoms with Gasteiger partial charge in [-0.25, -0.2) is 4.98 Å². The van der Waals surface area contributed by atoms with Crippen LogP contribution in [0.1, 0.15) is 19.8 Å². The van der Waals surface area contributed by atoms with Gasteiger partial charge in [-0.05, 0) is 49.4 Å². The number of amides is 1. The van der Waals surface area contributed by atoms with Gasteiger partial charge in [-0.15, -0.1) is 0 Å². The monoisotopic (exact) mass is 494 g/mol. The number of anilines is 2. The quantitative estimate of drug-likeness (QED) is 0.317. The lowest BCUT2D eigenvalue weighted by Crippen LogP contribution is -2.44. The van der Waals surface area contributed by atoms with Crippen LogP contribution in [0.25, 0.3) is 44.6 Å². The maximum absolute atomic E-state index is 12.0. The van der Waals surface area contributed by atoms with E-state index in [1.165, 1.54) is 0 Å². The predicted octanol–water partition coefficient (Wildman–Crippen LogP) is 4.66. The summed E-state index contributed by atoms with van der Waals surface area (Å²) >= 11 is 0. The largest absolute Gasteiger partial charge is 0.367 e. The number of H-pyrrole nitrogens is 2. The van der Waals surface area contributed by atoms with Crippen LogP contribution < -0.4 is 10.2 Å². The number of piperazine rings is 1. The number of likely N-dealkylation sites (N-methyl/N-ethyl adjacent to an activating group) is 1. The fourth-order valence-electron chi connectivity index (χ4n) is 4.92. The van der Waals surface area contributed by atoms with Crippen molar-refractivity contribution in [3.05, 3.63) is 54.9 Å². The summed E-state index contributed by atoms with van der Waals surface area (Å²) in [5.41, 5.74) is 7.43. The summed E-state index contributed by atoms with van der Waals surface area (Å²) in [6.45, 7) is 6.04. The Hall–Kier alpha value is -4.24. The average molecular weight is 495 g/mol. The van der Waals surface area contributed by atoms with Crippen molar-refractivity contribution in [1.82, 2.24) is 30.0 Å². The number of pyridine rings is 1. The molecule has 1 amide bonds. The minimum atomic E-state index is -0.00477. The zero-order valence-electron chi connectivity index (χ0n) is 21.1. The summed E-state index contributed by atoms with van der Waals surface area (Å²) in [6.07, 6.45) is 4.77. The molecule has 3 aromatic heterocycles. The lowest BCUT2D eigenvalue weighted by Gasteiger charge is -2.34. The van der Waals surface area contributed by atoms with Gasteiger partial charge in [-0.2, -0.15) is 5.10 Å². The molecule has 9 nitrogen and oxygen atoms in total. The topological polar surface area (TPSA) is 106 Å². The van der Waals surface area contributed by atoms with E-state index >= 15 is 0 Å². The minimum absolute atomic E-state index is 0.00477. The number of hydrogen-bond donors (Lipinski definition) is 3. The second-order valence-electron chi connectivity index (χ2n) is 9.64. The molecule has 188 valence electrons. The van der Waals surface area contributed by atoms with E-state index in [0.29, 0.717) is 12.1 Å². The second kappa shape index (κ2) is 9.67. The summed E-state index contributed by atoms with van der Waals surface area (Å²) in [5.74, 6) is 0.730. The van der Waals surface area contributed by atoms with E-state index in [2.05, 4.69) is 66.6 Å². The van der Waals surface area contributed by atoms with Gasteiger partial charge >= 0.3 is 0 Å². The Morgan fingerprint density at radius 1 is 1.03 bits per heavy atom. The van der Waals surface area contributed by atoms with Gasteiger partial charge < -0.3 is 20.1 Å². The van der Waals surface area contributed by atoms with Gasteiger partial charge in [0.2, 0.25) is 5.91 Å². The number of carbonyl (C=O) groups is 1. The highest BCUT2D eigenvalue weighted by atomic mass is 16.1. The first-order valence-corrected chi connectivity index (χ1v) is 12.7. The zero-order chi connectivity index (χ0) is 25.4. The molecular formula is C28H30N8O. The molecule has 1 fully saturated rings. The number of aromatic amines is 2. The number of fused-ring (bicyclic) bond motifs is 2. The number of benzene rings is 2. The molecule has 3 N–H and O–H groups in total. The van der Waals surface area contributed by atoms with Crippen LogP contribution in [0.4, 0.5) is 11.4 Å². The number of rotatable bonds is 6. The number of carbonyl (C=O) groups excluding carboxylic acids is 1. The third-order valence-corrected chi connectivity index (χ3v) is 6.95. The van der Waals surface area contributed by atoms with Gasteiger partial charge in [-0.1, -0.05) is 19.1 Å². The molecule has 9 heteroatoms. The van der Waals surface area contributed by atoms with Crippen LogP contribution >= 0.6 is 0 Å². The molecule has 0 unspecified atom stereocenters. The van der Waals surface area contributed by atoms with Gasteiger partial charge in [-0.3, -0.25) is 14.9 Å². The van der Waals surface area contributed by atoms with E-state index < -0.39 is 0 Å². The Morgan fingerprint density at radius 2 is 1.89 bits per heavy atom. The highest BCUT2D eigenvalue weighted by Crippen LogP contribution is 2.33. The molecule has 1 aliphatic heterocycles. The van der Waals surface area contributed by atoms with E-state index in [-0.39, 0.29) is 5.91 Å². The lowest BCUT2D eigenvalue weighted by molar-refractivity contribution is -0.116. The molecule has 0 bridgehead atoms. The number of nitrogens with one attached hydrogen (secondary N) is 3. The maximum atomic E-state index is 12.0. The van der Waals surface area contributed by atoms with Crippen LogP contribution in [-0.4, -0.2) is 69.2 Å². The van der Waals surface area contributed by atoms with E-state index in [1.807, 2.05) is 25.1 Å². The zero-order valence-corrected chi connectivity index (χ0v) is 21.1. The van der Waals surface area contributed by atoms with Gasteiger partial charge in [0.1, 0.15) is 11.2 Å². The van der Waals surface area contributed by atoms with Crippen molar-refractivity contribution in [2.75, 3.05) is 43.4 Å². The Kier molecular flexibility index (Phi) is 6.05. The van der Waals surface area contributed by atoms with Crippen LogP contribution in [0.3, 0.4) is 0 Å². The highest BCUT2D eigenvalue weighted by Gasteiger charge is 2.20. The predicted molar refractivity (Wildman–Crippen MR) is 148 cm³/mol. The van der Waals surface area contributed by atoms with Crippen molar-refractivity contribution in [2.45, 2.75) is 19.8 Å². The second-order valence-corrected chi connectivity index (χ2v) is 9.64. The number of hydrogen-bond acceptors (Lipinski definition) is 6. The third-order valence-electron chi connectivity index (χ3n) is 6.95. The Morgan fingerprint density at radius 3 is 2.73 bits per heavy atom. The fourth-order valence-corrected chi connectivity index (χ4v) is 4.92. The normalized spacial score (nSPS) is 14.5.